The molecule has 1 aromatic carbocycles. The minimum Gasteiger partial charge on any atom is -0.421 e. The summed E-state index contributed by atoms with van der Waals surface area (Å²) < 4.78 is 62.0. The highest BCUT2D eigenvalue weighted by molar-refractivity contribution is 5.50. The Morgan fingerprint density at radius 1 is 0.955 bits per heavy atom. The molecule has 22 heavy (non-hydrogen) atoms. The number of ether oxygens (including phenoxy) is 2. The molecule has 116 valence electrons. The maximum atomic E-state index is 13.2. The van der Waals surface area contributed by atoms with Crippen molar-refractivity contribution in [1.82, 2.24) is 4.57 Å². The van der Waals surface area contributed by atoms with Crippen molar-refractivity contribution in [1.29, 1.82) is 5.41 Å². The Morgan fingerprint density at radius 3 is 2.27 bits per heavy atom. The van der Waals surface area contributed by atoms with E-state index in [9.17, 15) is 17.6 Å². The van der Waals surface area contributed by atoms with E-state index in [1.807, 2.05) is 0 Å². The Morgan fingerprint density at radius 2 is 1.59 bits per heavy atom. The molecule has 0 atom stereocenters. The molecule has 4 nitrogen and oxygen atoms in total. The van der Waals surface area contributed by atoms with E-state index in [1.165, 1.54) is 16.7 Å². The summed E-state index contributed by atoms with van der Waals surface area (Å²) in [6, 6.07) is 6.83. The van der Waals surface area contributed by atoms with E-state index in [-0.39, 0.29) is 5.49 Å². The number of rotatable bonds is 1. The Kier molecular flexibility index (Phi) is 2.95. The van der Waals surface area contributed by atoms with Gasteiger partial charge in [-0.2, -0.15) is 17.6 Å². The lowest BCUT2D eigenvalue weighted by atomic mass is 10.2. The number of alkyl halides is 4. The molecule has 8 heteroatoms. The number of fused-ring (bicyclic) bond motifs is 1. The monoisotopic (exact) mass is 314 g/mol. The summed E-state index contributed by atoms with van der Waals surface area (Å²) in [7, 11) is 0. The van der Waals surface area contributed by atoms with E-state index >= 15 is 0 Å². The van der Waals surface area contributed by atoms with Gasteiger partial charge in [0, 0.05) is 12.3 Å². The maximum Gasteiger partial charge on any atom is 0.507 e. The number of aryl methyl sites for hydroxylation is 1. The lowest BCUT2D eigenvalue weighted by Crippen LogP contribution is -2.52. The molecule has 0 amide bonds. The molecule has 0 aliphatic carbocycles. The molecule has 1 aliphatic heterocycles. The molecule has 0 unspecified atom stereocenters. The highest BCUT2D eigenvalue weighted by Crippen LogP contribution is 2.47. The molecule has 2 heterocycles. The Labute approximate surface area is 122 Å². The van der Waals surface area contributed by atoms with Crippen LogP contribution >= 0.6 is 0 Å². The molecular formula is C14H10F4N2O2. The number of aromatic nitrogens is 1. The van der Waals surface area contributed by atoms with Crippen LogP contribution in [0.25, 0.3) is 5.69 Å². The number of hydrogen-bond donors (Lipinski definition) is 1. The number of benzene rings is 1. The second-order valence-corrected chi connectivity index (χ2v) is 4.83. The fourth-order valence-corrected chi connectivity index (χ4v) is 2.03. The van der Waals surface area contributed by atoms with E-state index in [4.69, 9.17) is 5.41 Å². The van der Waals surface area contributed by atoms with Crippen LogP contribution in [0.4, 0.5) is 17.6 Å². The molecule has 1 N–H and O–H groups in total. The van der Waals surface area contributed by atoms with E-state index in [1.54, 1.807) is 19.2 Å². The van der Waals surface area contributed by atoms with Crippen molar-refractivity contribution in [3.8, 4) is 17.2 Å². The highest BCUT2D eigenvalue weighted by atomic mass is 19.3. The van der Waals surface area contributed by atoms with Crippen molar-refractivity contribution in [3.05, 3.63) is 47.6 Å². The summed E-state index contributed by atoms with van der Waals surface area (Å²) >= 11 is 0. The van der Waals surface area contributed by atoms with Gasteiger partial charge < -0.3 is 14.0 Å². The summed E-state index contributed by atoms with van der Waals surface area (Å²) in [6.07, 6.45) is -7.89. The number of nitrogens with one attached hydrogen (secondary N) is 1. The van der Waals surface area contributed by atoms with Gasteiger partial charge in [0.05, 0.1) is 5.69 Å². The van der Waals surface area contributed by atoms with Gasteiger partial charge in [0.15, 0.2) is 11.5 Å². The SMILES string of the molecule is Cc1ccc(=N)n(-c2ccc3c(c2)OC(F)(F)C(F)(F)O3)c1. The smallest absolute Gasteiger partial charge is 0.421 e. The van der Waals surface area contributed by atoms with Crippen molar-refractivity contribution in [2.24, 2.45) is 0 Å². The van der Waals surface area contributed by atoms with Crippen LogP contribution in [0, 0.1) is 12.3 Å². The molecule has 0 bridgehead atoms. The van der Waals surface area contributed by atoms with Crippen LogP contribution in [0.5, 0.6) is 11.5 Å². The third-order valence-electron chi connectivity index (χ3n) is 3.12. The average molecular weight is 314 g/mol. The van der Waals surface area contributed by atoms with E-state index < -0.39 is 23.7 Å². The first-order valence-electron chi connectivity index (χ1n) is 6.22. The predicted octanol–water partition coefficient (Wildman–Crippen LogP) is 3.22. The zero-order valence-corrected chi connectivity index (χ0v) is 11.2. The van der Waals surface area contributed by atoms with Crippen LogP contribution in [0.1, 0.15) is 5.56 Å². The van der Waals surface area contributed by atoms with Crippen LogP contribution in [0.3, 0.4) is 0 Å². The number of halogens is 4. The zero-order valence-electron chi connectivity index (χ0n) is 11.2. The van der Waals surface area contributed by atoms with Crippen molar-refractivity contribution in [3.63, 3.8) is 0 Å². The van der Waals surface area contributed by atoms with Gasteiger partial charge in [0.2, 0.25) is 0 Å². The van der Waals surface area contributed by atoms with Crippen LogP contribution < -0.4 is 15.0 Å². The second-order valence-electron chi connectivity index (χ2n) is 4.83. The second kappa shape index (κ2) is 4.49. The summed E-state index contributed by atoms with van der Waals surface area (Å²) in [5.74, 6) is -0.999. The Bertz CT molecular complexity index is 802. The van der Waals surface area contributed by atoms with Gasteiger partial charge in [-0.05, 0) is 30.7 Å². The van der Waals surface area contributed by atoms with Gasteiger partial charge >= 0.3 is 12.2 Å². The van der Waals surface area contributed by atoms with Gasteiger partial charge in [-0.15, -0.1) is 0 Å². The first kappa shape index (κ1) is 14.4. The minimum atomic E-state index is -4.76. The molecular weight excluding hydrogens is 304 g/mol. The third kappa shape index (κ3) is 2.20. The quantitative estimate of drug-likeness (QED) is 0.822. The van der Waals surface area contributed by atoms with E-state index in [0.29, 0.717) is 5.69 Å². The van der Waals surface area contributed by atoms with Crippen molar-refractivity contribution in [2.45, 2.75) is 19.1 Å². The van der Waals surface area contributed by atoms with Crippen molar-refractivity contribution >= 4 is 0 Å². The lowest BCUT2D eigenvalue weighted by Gasteiger charge is -2.32. The zero-order chi connectivity index (χ0) is 16.1. The molecule has 0 saturated carbocycles. The van der Waals surface area contributed by atoms with Crippen LogP contribution in [-0.2, 0) is 0 Å². The summed E-state index contributed by atoms with van der Waals surface area (Å²) in [5.41, 5.74) is 1.25. The van der Waals surface area contributed by atoms with Gasteiger partial charge in [0.1, 0.15) is 5.49 Å². The fraction of sp³-hybridized carbons (Fsp3) is 0.214. The molecule has 0 saturated heterocycles. The Balaban J connectivity index is 2.10. The van der Waals surface area contributed by atoms with Crippen molar-refractivity contribution < 1.29 is 27.0 Å². The summed E-state index contributed by atoms with van der Waals surface area (Å²) in [6.45, 7) is 1.79. The maximum absolute atomic E-state index is 13.2. The largest absolute Gasteiger partial charge is 0.507 e. The lowest BCUT2D eigenvalue weighted by molar-refractivity contribution is -0.391. The van der Waals surface area contributed by atoms with Gasteiger partial charge in [-0.3, -0.25) is 5.41 Å². The van der Waals surface area contributed by atoms with E-state index in [2.05, 4.69) is 9.47 Å². The topological polar surface area (TPSA) is 47.2 Å². The van der Waals surface area contributed by atoms with Crippen LogP contribution in [0.15, 0.2) is 36.5 Å². The molecule has 0 fully saturated rings. The van der Waals surface area contributed by atoms with Crippen molar-refractivity contribution in [2.75, 3.05) is 0 Å². The minimum absolute atomic E-state index is 0.0966. The van der Waals surface area contributed by atoms with Crippen LogP contribution in [-0.4, -0.2) is 16.8 Å². The number of pyridine rings is 1. The number of nitrogens with zero attached hydrogens (tertiary/aromatic N) is 1. The van der Waals surface area contributed by atoms with Gasteiger partial charge in [-0.25, -0.2) is 0 Å². The molecule has 2 aromatic rings. The molecule has 0 radical (unpaired) electrons. The number of hydrogen-bond acceptors (Lipinski definition) is 3. The van der Waals surface area contributed by atoms with Gasteiger partial charge in [-0.1, -0.05) is 6.07 Å². The molecule has 1 aromatic heterocycles. The van der Waals surface area contributed by atoms with Crippen LogP contribution in [0.2, 0.25) is 0 Å². The third-order valence-corrected chi connectivity index (χ3v) is 3.12. The Hall–Kier alpha value is -2.51. The summed E-state index contributed by atoms with van der Waals surface area (Å²) in [4.78, 5) is 0. The molecule has 3 rings (SSSR count). The molecule has 1 aliphatic rings. The summed E-state index contributed by atoms with van der Waals surface area (Å²) in [5, 5.41) is 7.81. The first-order valence-corrected chi connectivity index (χ1v) is 6.22. The normalized spacial score (nSPS) is 18.0. The average Bonchev–Trinajstić information content (AvgIpc) is 2.42. The standard InChI is InChI=1S/C14H10F4N2O2/c1-8-2-5-12(19)20(7-8)9-3-4-10-11(6-9)22-14(17,18)13(15,16)21-10/h2-7,19H,1H3. The van der Waals surface area contributed by atoms with Gasteiger partial charge in [0.25, 0.3) is 0 Å². The first-order chi connectivity index (χ1) is 10.2. The predicted molar refractivity (Wildman–Crippen MR) is 67.5 cm³/mol. The van der Waals surface area contributed by atoms with E-state index in [0.717, 1.165) is 17.7 Å². The fourth-order valence-electron chi connectivity index (χ4n) is 2.03. The highest BCUT2D eigenvalue weighted by Gasteiger charge is 2.65. The molecule has 0 spiro atoms.